The van der Waals surface area contributed by atoms with Crippen molar-refractivity contribution in [1.29, 1.82) is 0 Å². The molecular weight excluding hydrogens is 298 g/mol. The lowest BCUT2D eigenvalue weighted by molar-refractivity contribution is -0.120. The van der Waals surface area contributed by atoms with E-state index >= 15 is 0 Å². The fourth-order valence-electron chi connectivity index (χ4n) is 3.08. The Bertz CT molecular complexity index is 654. The second-order valence-electron chi connectivity index (χ2n) is 6.48. The summed E-state index contributed by atoms with van der Waals surface area (Å²) >= 11 is 0. The molecule has 0 aromatic heterocycles. The van der Waals surface area contributed by atoms with Gasteiger partial charge < -0.3 is 16.0 Å². The van der Waals surface area contributed by atoms with Crippen molar-refractivity contribution in [2.24, 2.45) is 5.92 Å². The molecule has 0 spiro atoms. The van der Waals surface area contributed by atoms with Crippen molar-refractivity contribution < 1.29 is 4.79 Å². The van der Waals surface area contributed by atoms with E-state index in [1.54, 1.807) is 0 Å². The zero-order chi connectivity index (χ0) is 16.8. The van der Waals surface area contributed by atoms with Crippen molar-refractivity contribution in [3.8, 4) is 0 Å². The quantitative estimate of drug-likeness (QED) is 0.787. The first-order valence-corrected chi connectivity index (χ1v) is 8.63. The van der Waals surface area contributed by atoms with Crippen molar-refractivity contribution in [3.05, 3.63) is 60.2 Å². The molecule has 2 aromatic carbocycles. The van der Waals surface area contributed by atoms with Gasteiger partial charge in [-0.2, -0.15) is 0 Å². The van der Waals surface area contributed by atoms with Crippen LogP contribution in [0.5, 0.6) is 0 Å². The Morgan fingerprint density at radius 3 is 2.54 bits per heavy atom. The number of para-hydroxylation sites is 1. The summed E-state index contributed by atoms with van der Waals surface area (Å²) in [7, 11) is 0. The number of hydrogen-bond acceptors (Lipinski definition) is 3. The SMILES string of the molecule is C[C@H]1C[C@@H](C(=O)Nc2ccc(CNc3ccccc3)cc2)CCN1. The van der Waals surface area contributed by atoms with Gasteiger partial charge in [0.25, 0.3) is 0 Å². The van der Waals surface area contributed by atoms with Gasteiger partial charge in [0.15, 0.2) is 0 Å². The summed E-state index contributed by atoms with van der Waals surface area (Å²) in [4.78, 5) is 12.4. The molecule has 1 aliphatic rings. The number of amides is 1. The van der Waals surface area contributed by atoms with Crippen LogP contribution in [0.15, 0.2) is 54.6 Å². The highest BCUT2D eigenvalue weighted by Crippen LogP contribution is 2.19. The molecule has 0 unspecified atom stereocenters. The summed E-state index contributed by atoms with van der Waals surface area (Å²) in [6, 6.07) is 18.6. The summed E-state index contributed by atoms with van der Waals surface area (Å²) in [5, 5.41) is 9.81. The number of anilines is 2. The van der Waals surface area contributed by atoms with Gasteiger partial charge in [0.05, 0.1) is 0 Å². The van der Waals surface area contributed by atoms with Crippen LogP contribution < -0.4 is 16.0 Å². The van der Waals surface area contributed by atoms with Gasteiger partial charge in [-0.1, -0.05) is 30.3 Å². The van der Waals surface area contributed by atoms with Gasteiger partial charge in [0, 0.05) is 29.9 Å². The highest BCUT2D eigenvalue weighted by atomic mass is 16.1. The Morgan fingerprint density at radius 1 is 1.08 bits per heavy atom. The lowest BCUT2D eigenvalue weighted by Crippen LogP contribution is -2.40. The van der Waals surface area contributed by atoms with Gasteiger partial charge in [-0.3, -0.25) is 4.79 Å². The molecule has 0 saturated carbocycles. The largest absolute Gasteiger partial charge is 0.381 e. The maximum absolute atomic E-state index is 12.4. The zero-order valence-electron chi connectivity index (χ0n) is 14.1. The third kappa shape index (κ3) is 4.59. The fraction of sp³-hybridized carbons (Fsp3) is 0.350. The molecule has 4 nitrogen and oxygen atoms in total. The average Bonchev–Trinajstić information content (AvgIpc) is 2.62. The van der Waals surface area contributed by atoms with Crippen molar-refractivity contribution in [2.45, 2.75) is 32.4 Å². The van der Waals surface area contributed by atoms with E-state index < -0.39 is 0 Å². The number of piperidine rings is 1. The number of benzene rings is 2. The third-order valence-corrected chi connectivity index (χ3v) is 4.49. The molecule has 4 heteroatoms. The monoisotopic (exact) mass is 323 g/mol. The minimum absolute atomic E-state index is 0.112. The Morgan fingerprint density at radius 2 is 1.83 bits per heavy atom. The molecular formula is C20H25N3O. The van der Waals surface area contributed by atoms with Crippen LogP contribution in [-0.4, -0.2) is 18.5 Å². The molecule has 2 atom stereocenters. The van der Waals surface area contributed by atoms with Gasteiger partial charge >= 0.3 is 0 Å². The molecule has 0 radical (unpaired) electrons. The molecule has 24 heavy (non-hydrogen) atoms. The van der Waals surface area contributed by atoms with Crippen LogP contribution in [0, 0.1) is 5.92 Å². The van der Waals surface area contributed by atoms with E-state index in [-0.39, 0.29) is 11.8 Å². The topological polar surface area (TPSA) is 53.2 Å². The van der Waals surface area contributed by atoms with Crippen LogP contribution in [-0.2, 0) is 11.3 Å². The summed E-state index contributed by atoms with van der Waals surface area (Å²) in [6.07, 6.45) is 1.82. The van der Waals surface area contributed by atoms with E-state index in [1.165, 1.54) is 5.56 Å². The zero-order valence-corrected chi connectivity index (χ0v) is 14.1. The molecule has 1 fully saturated rings. The Kier molecular flexibility index (Phi) is 5.49. The van der Waals surface area contributed by atoms with Gasteiger partial charge in [-0.25, -0.2) is 0 Å². The van der Waals surface area contributed by atoms with Crippen LogP contribution >= 0.6 is 0 Å². The predicted octanol–water partition coefficient (Wildman–Crippen LogP) is 3.63. The van der Waals surface area contributed by atoms with Crippen LogP contribution in [0.2, 0.25) is 0 Å². The molecule has 2 aromatic rings. The summed E-state index contributed by atoms with van der Waals surface area (Å²) in [5.41, 5.74) is 3.16. The molecule has 0 aliphatic carbocycles. The highest BCUT2D eigenvalue weighted by molar-refractivity contribution is 5.92. The maximum Gasteiger partial charge on any atom is 0.227 e. The van der Waals surface area contributed by atoms with Gasteiger partial charge in [0.2, 0.25) is 5.91 Å². The Labute approximate surface area is 143 Å². The van der Waals surface area contributed by atoms with Gasteiger partial charge in [-0.15, -0.1) is 0 Å². The van der Waals surface area contributed by atoms with E-state index in [0.717, 1.165) is 37.3 Å². The standard InChI is InChI=1S/C20H25N3O/c1-15-13-17(11-12-21-15)20(24)23-19-9-7-16(8-10-19)14-22-18-5-3-2-4-6-18/h2-10,15,17,21-22H,11-14H2,1H3,(H,23,24)/t15-,17-/m0/s1. The molecule has 3 rings (SSSR count). The maximum atomic E-state index is 12.4. The third-order valence-electron chi connectivity index (χ3n) is 4.49. The van der Waals surface area contributed by atoms with Crippen LogP contribution in [0.1, 0.15) is 25.3 Å². The van der Waals surface area contributed by atoms with E-state index in [1.807, 2.05) is 30.3 Å². The number of nitrogens with one attached hydrogen (secondary N) is 3. The summed E-state index contributed by atoms with van der Waals surface area (Å²) in [6.45, 7) is 3.82. The van der Waals surface area contributed by atoms with E-state index in [2.05, 4.69) is 47.1 Å². The van der Waals surface area contributed by atoms with Crippen molar-refractivity contribution in [3.63, 3.8) is 0 Å². The molecule has 1 heterocycles. The molecule has 1 saturated heterocycles. The normalized spacial score (nSPS) is 20.4. The lowest BCUT2D eigenvalue weighted by atomic mass is 9.92. The smallest absolute Gasteiger partial charge is 0.227 e. The van der Waals surface area contributed by atoms with Crippen LogP contribution in [0.25, 0.3) is 0 Å². The van der Waals surface area contributed by atoms with Gasteiger partial charge in [-0.05, 0) is 56.1 Å². The van der Waals surface area contributed by atoms with Crippen molar-refractivity contribution in [1.82, 2.24) is 5.32 Å². The van der Waals surface area contributed by atoms with Crippen LogP contribution in [0.4, 0.5) is 11.4 Å². The van der Waals surface area contributed by atoms with E-state index in [4.69, 9.17) is 0 Å². The second-order valence-corrected chi connectivity index (χ2v) is 6.48. The Hall–Kier alpha value is -2.33. The molecule has 1 aliphatic heterocycles. The minimum atomic E-state index is 0.112. The molecule has 1 amide bonds. The first-order valence-electron chi connectivity index (χ1n) is 8.63. The van der Waals surface area contributed by atoms with Crippen LogP contribution in [0.3, 0.4) is 0 Å². The van der Waals surface area contributed by atoms with E-state index in [9.17, 15) is 4.79 Å². The number of carbonyl (C=O) groups is 1. The average molecular weight is 323 g/mol. The number of carbonyl (C=O) groups excluding carboxylic acids is 1. The second kappa shape index (κ2) is 7.97. The summed E-state index contributed by atoms with van der Waals surface area (Å²) in [5.74, 6) is 0.249. The molecule has 3 N–H and O–H groups in total. The summed E-state index contributed by atoms with van der Waals surface area (Å²) < 4.78 is 0. The lowest BCUT2D eigenvalue weighted by Gasteiger charge is -2.27. The van der Waals surface area contributed by atoms with E-state index in [0.29, 0.717) is 6.04 Å². The van der Waals surface area contributed by atoms with Crippen molar-refractivity contribution in [2.75, 3.05) is 17.2 Å². The first kappa shape index (κ1) is 16.5. The molecule has 126 valence electrons. The Balaban J connectivity index is 1.51. The number of rotatable bonds is 5. The first-order chi connectivity index (χ1) is 11.7. The fourth-order valence-corrected chi connectivity index (χ4v) is 3.08. The van der Waals surface area contributed by atoms with Gasteiger partial charge in [0.1, 0.15) is 0 Å². The van der Waals surface area contributed by atoms with Crippen molar-refractivity contribution >= 4 is 17.3 Å². The minimum Gasteiger partial charge on any atom is -0.381 e. The highest BCUT2D eigenvalue weighted by Gasteiger charge is 2.24. The molecule has 0 bridgehead atoms. The number of hydrogen-bond donors (Lipinski definition) is 3. The predicted molar refractivity (Wildman–Crippen MR) is 99.0 cm³/mol.